The lowest BCUT2D eigenvalue weighted by Gasteiger charge is -2.00. The third-order valence-electron chi connectivity index (χ3n) is 3.67. The molecule has 3 heteroatoms. The van der Waals surface area contributed by atoms with E-state index in [4.69, 9.17) is 0 Å². The predicted molar refractivity (Wildman–Crippen MR) is 92.9 cm³/mol. The molecule has 0 spiro atoms. The van der Waals surface area contributed by atoms with E-state index >= 15 is 0 Å². The standard InChI is InChI=1S/C19H34O3/c1-3-4-12-15-18(20)16-13-10-8-6-5-7-9-11-14-17-19(21)22-2/h8,10,16,20H,3-7,9,11-15,17H2,1-2H3/b10-8-,18-16+. The summed E-state index contributed by atoms with van der Waals surface area (Å²) in [5, 5.41) is 9.65. The highest BCUT2D eigenvalue weighted by Gasteiger charge is 1.98. The third kappa shape index (κ3) is 15.1. The molecule has 0 saturated carbocycles. The number of esters is 1. The zero-order valence-corrected chi connectivity index (χ0v) is 14.5. The van der Waals surface area contributed by atoms with Gasteiger partial charge in [-0.1, -0.05) is 51.2 Å². The first kappa shape index (κ1) is 20.8. The van der Waals surface area contributed by atoms with Crippen LogP contribution in [0.15, 0.2) is 24.0 Å². The van der Waals surface area contributed by atoms with Crippen molar-refractivity contribution in [2.45, 2.75) is 84.0 Å². The fraction of sp³-hybridized carbons (Fsp3) is 0.737. The normalized spacial score (nSPS) is 12.0. The van der Waals surface area contributed by atoms with E-state index in [-0.39, 0.29) is 5.97 Å². The first-order valence-electron chi connectivity index (χ1n) is 8.80. The Bertz CT molecular complexity index is 319. The highest BCUT2D eigenvalue weighted by molar-refractivity contribution is 5.68. The summed E-state index contributed by atoms with van der Waals surface area (Å²) in [5.41, 5.74) is 0. The topological polar surface area (TPSA) is 46.5 Å². The fourth-order valence-corrected chi connectivity index (χ4v) is 2.24. The van der Waals surface area contributed by atoms with Crippen molar-refractivity contribution < 1.29 is 14.6 Å². The molecule has 0 aliphatic carbocycles. The lowest BCUT2D eigenvalue weighted by molar-refractivity contribution is -0.140. The quantitative estimate of drug-likeness (QED) is 0.189. The van der Waals surface area contributed by atoms with Gasteiger partial charge < -0.3 is 9.84 Å². The Kier molecular flexibility index (Phi) is 15.2. The molecule has 0 aromatic carbocycles. The van der Waals surface area contributed by atoms with Crippen molar-refractivity contribution in [3.63, 3.8) is 0 Å². The molecule has 3 nitrogen and oxygen atoms in total. The van der Waals surface area contributed by atoms with E-state index in [1.54, 1.807) is 0 Å². The minimum atomic E-state index is -0.103. The maximum atomic E-state index is 10.9. The number of ether oxygens (including phenoxy) is 1. The molecule has 0 aromatic rings. The van der Waals surface area contributed by atoms with Crippen LogP contribution in [-0.4, -0.2) is 18.2 Å². The minimum Gasteiger partial charge on any atom is -0.513 e. The Morgan fingerprint density at radius 1 is 0.955 bits per heavy atom. The Hall–Kier alpha value is -1.25. The summed E-state index contributed by atoms with van der Waals surface area (Å²) in [7, 11) is 1.44. The lowest BCUT2D eigenvalue weighted by atomic mass is 10.1. The predicted octanol–water partition coefficient (Wildman–Crippen LogP) is 5.86. The zero-order chi connectivity index (χ0) is 16.5. The van der Waals surface area contributed by atoms with E-state index in [9.17, 15) is 9.90 Å². The Balaban J connectivity index is 3.37. The second-order valence-electron chi connectivity index (χ2n) is 5.74. The third-order valence-corrected chi connectivity index (χ3v) is 3.67. The van der Waals surface area contributed by atoms with Crippen LogP contribution in [0.5, 0.6) is 0 Å². The highest BCUT2D eigenvalue weighted by atomic mass is 16.5. The summed E-state index contributed by atoms with van der Waals surface area (Å²) >= 11 is 0. The molecule has 0 aliphatic rings. The molecular weight excluding hydrogens is 276 g/mol. The van der Waals surface area contributed by atoms with Gasteiger partial charge in [-0.05, 0) is 38.2 Å². The average molecular weight is 310 g/mol. The van der Waals surface area contributed by atoms with Crippen LogP contribution in [0.2, 0.25) is 0 Å². The number of allylic oxidation sites excluding steroid dienone is 4. The van der Waals surface area contributed by atoms with E-state index in [2.05, 4.69) is 23.8 Å². The van der Waals surface area contributed by atoms with Gasteiger partial charge in [-0.15, -0.1) is 0 Å². The van der Waals surface area contributed by atoms with Crippen LogP contribution < -0.4 is 0 Å². The second kappa shape index (κ2) is 16.1. The van der Waals surface area contributed by atoms with Gasteiger partial charge in [-0.3, -0.25) is 4.79 Å². The van der Waals surface area contributed by atoms with Gasteiger partial charge in [0.25, 0.3) is 0 Å². The van der Waals surface area contributed by atoms with Gasteiger partial charge in [0.15, 0.2) is 0 Å². The molecule has 0 radical (unpaired) electrons. The van der Waals surface area contributed by atoms with Crippen molar-refractivity contribution in [1.29, 1.82) is 0 Å². The molecule has 0 aliphatic heterocycles. The largest absolute Gasteiger partial charge is 0.513 e. The number of hydrogen-bond donors (Lipinski definition) is 1. The van der Waals surface area contributed by atoms with Crippen molar-refractivity contribution in [1.82, 2.24) is 0 Å². The van der Waals surface area contributed by atoms with Crippen molar-refractivity contribution in [2.24, 2.45) is 0 Å². The number of hydrogen-bond acceptors (Lipinski definition) is 3. The van der Waals surface area contributed by atoms with Crippen LogP contribution in [0.1, 0.15) is 84.0 Å². The first-order chi connectivity index (χ1) is 10.7. The highest BCUT2D eigenvalue weighted by Crippen LogP contribution is 2.09. The van der Waals surface area contributed by atoms with E-state index < -0.39 is 0 Å². The van der Waals surface area contributed by atoms with E-state index in [0.29, 0.717) is 12.2 Å². The maximum Gasteiger partial charge on any atom is 0.305 e. The van der Waals surface area contributed by atoms with Gasteiger partial charge in [-0.25, -0.2) is 0 Å². The van der Waals surface area contributed by atoms with Crippen LogP contribution in [-0.2, 0) is 9.53 Å². The van der Waals surface area contributed by atoms with Crippen molar-refractivity contribution in [2.75, 3.05) is 7.11 Å². The molecule has 0 aromatic heterocycles. The van der Waals surface area contributed by atoms with Crippen LogP contribution in [0, 0.1) is 0 Å². The van der Waals surface area contributed by atoms with Crippen LogP contribution in [0.4, 0.5) is 0 Å². The number of aliphatic hydroxyl groups excluding tert-OH is 1. The summed E-state index contributed by atoms with van der Waals surface area (Å²) in [6, 6.07) is 0. The molecule has 0 fully saturated rings. The molecule has 0 heterocycles. The molecular formula is C19H34O3. The second-order valence-corrected chi connectivity index (χ2v) is 5.74. The molecule has 1 N–H and O–H groups in total. The maximum absolute atomic E-state index is 10.9. The Morgan fingerprint density at radius 2 is 1.64 bits per heavy atom. The van der Waals surface area contributed by atoms with E-state index in [0.717, 1.165) is 38.5 Å². The summed E-state index contributed by atoms with van der Waals surface area (Å²) in [4.78, 5) is 10.9. The van der Waals surface area contributed by atoms with Crippen LogP contribution in [0.25, 0.3) is 0 Å². The molecule has 22 heavy (non-hydrogen) atoms. The number of unbranched alkanes of at least 4 members (excludes halogenated alkanes) is 7. The number of rotatable bonds is 14. The minimum absolute atomic E-state index is 0.103. The van der Waals surface area contributed by atoms with Gasteiger partial charge in [0.05, 0.1) is 12.9 Å². The zero-order valence-electron chi connectivity index (χ0n) is 14.5. The fourth-order valence-electron chi connectivity index (χ4n) is 2.24. The smallest absolute Gasteiger partial charge is 0.305 e. The number of carbonyl (C=O) groups excluding carboxylic acids is 1. The number of methoxy groups -OCH3 is 1. The Labute approximate surface area is 136 Å². The Morgan fingerprint density at radius 3 is 2.36 bits per heavy atom. The van der Waals surface area contributed by atoms with E-state index in [1.165, 1.54) is 39.2 Å². The van der Waals surface area contributed by atoms with Crippen LogP contribution >= 0.6 is 0 Å². The van der Waals surface area contributed by atoms with Gasteiger partial charge in [-0.2, -0.15) is 0 Å². The first-order valence-corrected chi connectivity index (χ1v) is 8.80. The number of aliphatic hydroxyl groups is 1. The molecule has 0 saturated heterocycles. The summed E-state index contributed by atoms with van der Waals surface area (Å²) in [5.74, 6) is 0.428. The molecule has 0 bridgehead atoms. The van der Waals surface area contributed by atoms with Crippen molar-refractivity contribution in [3.8, 4) is 0 Å². The molecule has 0 rings (SSSR count). The average Bonchev–Trinajstić information content (AvgIpc) is 2.52. The molecule has 128 valence electrons. The summed E-state index contributed by atoms with van der Waals surface area (Å²) < 4.78 is 4.61. The summed E-state index contributed by atoms with van der Waals surface area (Å²) in [6.45, 7) is 2.17. The SMILES string of the molecule is CCCCC/C(O)=C\C/C=C\CCCCCCCC(=O)OC. The van der Waals surface area contributed by atoms with Gasteiger partial charge in [0.1, 0.15) is 0 Å². The molecule has 0 atom stereocenters. The van der Waals surface area contributed by atoms with E-state index in [1.807, 2.05) is 6.08 Å². The van der Waals surface area contributed by atoms with Gasteiger partial charge in [0, 0.05) is 12.8 Å². The molecule has 0 amide bonds. The van der Waals surface area contributed by atoms with Crippen LogP contribution in [0.3, 0.4) is 0 Å². The van der Waals surface area contributed by atoms with Crippen molar-refractivity contribution >= 4 is 5.97 Å². The number of carbonyl (C=O) groups is 1. The van der Waals surface area contributed by atoms with Gasteiger partial charge >= 0.3 is 5.97 Å². The summed E-state index contributed by atoms with van der Waals surface area (Å²) in [6.07, 6.45) is 18.6. The van der Waals surface area contributed by atoms with Gasteiger partial charge in [0.2, 0.25) is 0 Å². The molecule has 0 unspecified atom stereocenters. The lowest BCUT2D eigenvalue weighted by Crippen LogP contribution is -1.98. The monoisotopic (exact) mass is 310 g/mol. The van der Waals surface area contributed by atoms with Crippen molar-refractivity contribution in [3.05, 3.63) is 24.0 Å².